The highest BCUT2D eigenvalue weighted by Crippen LogP contribution is 2.34. The van der Waals surface area contributed by atoms with Crippen LogP contribution >= 0.6 is 0 Å². The van der Waals surface area contributed by atoms with Crippen LogP contribution in [-0.2, 0) is 19.2 Å². The maximum absolute atomic E-state index is 12.1. The molecule has 9 heteroatoms. The quantitative estimate of drug-likeness (QED) is 0.608. The number of carboxylic acids is 1. The first-order valence-corrected chi connectivity index (χ1v) is 7.96. The maximum atomic E-state index is 12.1. The second-order valence-corrected chi connectivity index (χ2v) is 5.46. The Morgan fingerprint density at radius 3 is 2.77 bits per heavy atom. The van der Waals surface area contributed by atoms with Gasteiger partial charge < -0.3 is 20.5 Å². The molecule has 1 aliphatic rings. The molecule has 1 aliphatic heterocycles. The summed E-state index contributed by atoms with van der Waals surface area (Å²) in [6.45, 7) is 2.09. The summed E-state index contributed by atoms with van der Waals surface area (Å²) in [6, 6.07) is 4.61. The fourth-order valence-electron chi connectivity index (χ4n) is 2.25. The Bertz CT molecular complexity index is 759. The van der Waals surface area contributed by atoms with Crippen LogP contribution in [-0.4, -0.2) is 48.5 Å². The van der Waals surface area contributed by atoms with Gasteiger partial charge >= 0.3 is 5.97 Å². The molecular weight excluding hydrogens is 342 g/mol. The molecule has 3 amide bonds. The van der Waals surface area contributed by atoms with Crippen molar-refractivity contribution in [3.05, 3.63) is 30.4 Å². The van der Waals surface area contributed by atoms with Crippen LogP contribution in [0.15, 0.2) is 30.4 Å². The maximum Gasteiger partial charge on any atom is 0.328 e. The lowest BCUT2D eigenvalue weighted by molar-refractivity contribution is -0.131. The van der Waals surface area contributed by atoms with E-state index in [1.54, 1.807) is 12.1 Å². The van der Waals surface area contributed by atoms with Crippen LogP contribution in [0.2, 0.25) is 0 Å². The van der Waals surface area contributed by atoms with E-state index in [9.17, 15) is 19.2 Å². The minimum Gasteiger partial charge on any atom is -0.482 e. The summed E-state index contributed by atoms with van der Waals surface area (Å²) >= 11 is 0. The van der Waals surface area contributed by atoms with E-state index >= 15 is 0 Å². The van der Waals surface area contributed by atoms with Gasteiger partial charge in [0.2, 0.25) is 11.8 Å². The predicted molar refractivity (Wildman–Crippen MR) is 93.0 cm³/mol. The Kier molecular flexibility index (Phi) is 6.31. The minimum absolute atomic E-state index is 0.161. The van der Waals surface area contributed by atoms with E-state index in [0.717, 1.165) is 12.5 Å². The highest BCUT2D eigenvalue weighted by molar-refractivity contribution is 6.05. The molecule has 0 aliphatic carbocycles. The molecule has 0 saturated carbocycles. The van der Waals surface area contributed by atoms with Crippen molar-refractivity contribution in [1.82, 2.24) is 5.32 Å². The highest BCUT2D eigenvalue weighted by Gasteiger charge is 2.27. The van der Waals surface area contributed by atoms with Crippen LogP contribution in [0.3, 0.4) is 0 Å². The molecule has 0 aromatic heterocycles. The summed E-state index contributed by atoms with van der Waals surface area (Å²) in [7, 11) is 0. The third kappa shape index (κ3) is 5.07. The zero-order valence-electron chi connectivity index (χ0n) is 14.2. The van der Waals surface area contributed by atoms with E-state index in [2.05, 4.69) is 10.6 Å². The summed E-state index contributed by atoms with van der Waals surface area (Å²) in [5, 5.41) is 13.7. The molecular formula is C17H19N3O6. The number of hydrogen-bond acceptors (Lipinski definition) is 5. The van der Waals surface area contributed by atoms with Gasteiger partial charge in [-0.2, -0.15) is 0 Å². The van der Waals surface area contributed by atoms with Crippen molar-refractivity contribution in [3.8, 4) is 5.75 Å². The van der Waals surface area contributed by atoms with Crippen molar-refractivity contribution in [1.29, 1.82) is 0 Å². The number of fused-ring (bicyclic) bond motifs is 1. The lowest BCUT2D eigenvalue weighted by Crippen LogP contribution is -2.45. The zero-order chi connectivity index (χ0) is 19.1. The molecule has 0 spiro atoms. The van der Waals surface area contributed by atoms with Gasteiger partial charge in [0.25, 0.3) is 5.91 Å². The van der Waals surface area contributed by atoms with Crippen molar-refractivity contribution < 1.29 is 29.0 Å². The number of carboxylic acid groups (broad SMARTS) is 1. The molecule has 0 fully saturated rings. The predicted octanol–water partition coefficient (Wildman–Crippen LogP) is 0.517. The van der Waals surface area contributed by atoms with Gasteiger partial charge in [0.1, 0.15) is 12.3 Å². The second-order valence-electron chi connectivity index (χ2n) is 5.46. The Labute approximate surface area is 149 Å². The van der Waals surface area contributed by atoms with Gasteiger partial charge in [0, 0.05) is 24.4 Å². The summed E-state index contributed by atoms with van der Waals surface area (Å²) in [5.74, 6) is -2.14. The van der Waals surface area contributed by atoms with Crippen LogP contribution in [0.5, 0.6) is 5.75 Å². The fourth-order valence-corrected chi connectivity index (χ4v) is 2.25. The second kappa shape index (κ2) is 8.65. The third-order valence-electron chi connectivity index (χ3n) is 3.42. The molecule has 1 heterocycles. The monoisotopic (exact) mass is 361 g/mol. The largest absolute Gasteiger partial charge is 0.482 e. The van der Waals surface area contributed by atoms with E-state index in [1.807, 2.05) is 6.92 Å². The number of amides is 3. The molecule has 1 aromatic carbocycles. The first-order valence-electron chi connectivity index (χ1n) is 7.96. The zero-order valence-corrected chi connectivity index (χ0v) is 14.2. The third-order valence-corrected chi connectivity index (χ3v) is 3.42. The van der Waals surface area contributed by atoms with E-state index < -0.39 is 11.9 Å². The van der Waals surface area contributed by atoms with Crippen LogP contribution < -0.4 is 20.3 Å². The first kappa shape index (κ1) is 19.0. The van der Waals surface area contributed by atoms with E-state index in [1.165, 1.54) is 11.0 Å². The molecule has 0 atom stereocenters. The lowest BCUT2D eigenvalue weighted by atomic mass is 10.2. The number of carbonyl (C=O) groups is 4. The van der Waals surface area contributed by atoms with Crippen molar-refractivity contribution in [2.24, 2.45) is 0 Å². The molecule has 3 N–H and O–H groups in total. The van der Waals surface area contributed by atoms with E-state index in [4.69, 9.17) is 9.84 Å². The number of aliphatic carboxylic acids is 1. The topological polar surface area (TPSA) is 125 Å². The average molecular weight is 361 g/mol. The Hall–Kier alpha value is -3.36. The summed E-state index contributed by atoms with van der Waals surface area (Å²) < 4.78 is 5.34. The van der Waals surface area contributed by atoms with Crippen LogP contribution in [0.1, 0.15) is 13.3 Å². The Morgan fingerprint density at radius 1 is 1.31 bits per heavy atom. The minimum atomic E-state index is -1.24. The average Bonchev–Trinajstić information content (AvgIpc) is 2.60. The SMILES string of the molecule is CCCNC(=O)CN1C(=O)COc2ccc(NC(=O)/C=C/C(=O)O)cc21. The summed E-state index contributed by atoms with van der Waals surface area (Å²) in [6.07, 6.45) is 2.36. The number of hydrogen-bond donors (Lipinski definition) is 3. The van der Waals surface area contributed by atoms with Gasteiger partial charge in [-0.15, -0.1) is 0 Å². The molecule has 138 valence electrons. The fraction of sp³-hybridized carbons (Fsp3) is 0.294. The van der Waals surface area contributed by atoms with Crippen LogP contribution in [0.4, 0.5) is 11.4 Å². The van der Waals surface area contributed by atoms with Crippen molar-refractivity contribution in [2.75, 3.05) is 29.9 Å². The molecule has 0 bridgehead atoms. The number of rotatable bonds is 7. The molecule has 0 unspecified atom stereocenters. The van der Waals surface area contributed by atoms with Gasteiger partial charge in [0.15, 0.2) is 6.61 Å². The molecule has 26 heavy (non-hydrogen) atoms. The van der Waals surface area contributed by atoms with E-state index in [-0.39, 0.29) is 25.0 Å². The Morgan fingerprint density at radius 2 is 2.08 bits per heavy atom. The van der Waals surface area contributed by atoms with Crippen LogP contribution in [0, 0.1) is 0 Å². The Balaban J connectivity index is 2.18. The number of anilines is 2. The summed E-state index contributed by atoms with van der Waals surface area (Å²) in [4.78, 5) is 47.5. The van der Waals surface area contributed by atoms with Gasteiger partial charge in [0.05, 0.1) is 5.69 Å². The molecule has 0 saturated heterocycles. The molecule has 2 rings (SSSR count). The van der Waals surface area contributed by atoms with Gasteiger partial charge in [-0.1, -0.05) is 6.92 Å². The number of benzene rings is 1. The molecule has 9 nitrogen and oxygen atoms in total. The molecule has 0 radical (unpaired) electrons. The van der Waals surface area contributed by atoms with Crippen molar-refractivity contribution in [3.63, 3.8) is 0 Å². The van der Waals surface area contributed by atoms with Gasteiger partial charge in [-0.3, -0.25) is 19.3 Å². The van der Waals surface area contributed by atoms with Crippen molar-refractivity contribution in [2.45, 2.75) is 13.3 Å². The standard InChI is InChI=1S/C17H19N3O6/c1-2-7-18-15(22)9-20-12-8-11(19-14(21)5-6-17(24)25)3-4-13(12)26-10-16(20)23/h3-6,8H,2,7,9-10H2,1H3,(H,18,22)(H,19,21)(H,24,25)/b6-5+. The molecule has 1 aromatic rings. The smallest absolute Gasteiger partial charge is 0.328 e. The van der Waals surface area contributed by atoms with Crippen LogP contribution in [0.25, 0.3) is 0 Å². The summed E-state index contributed by atoms with van der Waals surface area (Å²) in [5.41, 5.74) is 0.689. The van der Waals surface area contributed by atoms with E-state index in [0.29, 0.717) is 29.7 Å². The van der Waals surface area contributed by atoms with Crippen molar-refractivity contribution >= 4 is 35.1 Å². The lowest BCUT2D eigenvalue weighted by Gasteiger charge is -2.29. The van der Waals surface area contributed by atoms with Gasteiger partial charge in [-0.05, 0) is 24.6 Å². The first-order chi connectivity index (χ1) is 12.4. The number of nitrogens with zero attached hydrogens (tertiary/aromatic N) is 1. The number of carbonyl (C=O) groups excluding carboxylic acids is 3. The van der Waals surface area contributed by atoms with Gasteiger partial charge in [-0.25, -0.2) is 4.79 Å². The number of nitrogens with one attached hydrogen (secondary N) is 2. The highest BCUT2D eigenvalue weighted by atomic mass is 16.5. The number of ether oxygens (including phenoxy) is 1. The normalized spacial score (nSPS) is 13.1.